The molecule has 10 heavy (non-hydrogen) atoms. The van der Waals surface area contributed by atoms with E-state index in [-0.39, 0.29) is 0 Å². The molecule has 0 aromatic rings. The van der Waals surface area contributed by atoms with Gasteiger partial charge in [0.2, 0.25) is 0 Å². The summed E-state index contributed by atoms with van der Waals surface area (Å²) in [6, 6.07) is 0. The average Bonchev–Trinajstić information content (AvgIpc) is 1.88. The lowest BCUT2D eigenvalue weighted by atomic mass is 10.3. The van der Waals surface area contributed by atoms with Gasteiger partial charge in [0.1, 0.15) is 0 Å². The smallest absolute Gasteiger partial charge is 0.351 e. The van der Waals surface area contributed by atoms with Gasteiger partial charge in [-0.25, -0.2) is 4.79 Å². The molecule has 4 nitrogen and oxygen atoms in total. The molecule has 0 aromatic carbocycles. The van der Waals surface area contributed by atoms with Gasteiger partial charge in [-0.05, 0) is 6.42 Å². The van der Waals surface area contributed by atoms with Gasteiger partial charge in [0.15, 0.2) is 0 Å². The van der Waals surface area contributed by atoms with E-state index in [1.54, 1.807) is 0 Å². The van der Waals surface area contributed by atoms with E-state index in [0.29, 0.717) is 6.54 Å². The monoisotopic (exact) mass is 142 g/mol. The van der Waals surface area contributed by atoms with E-state index in [2.05, 4.69) is 4.84 Å². The fourth-order valence-electron chi connectivity index (χ4n) is 0.830. The van der Waals surface area contributed by atoms with Crippen LogP contribution in [-0.2, 0) is 4.84 Å². The van der Waals surface area contributed by atoms with Crippen LogP contribution >= 0.6 is 0 Å². The number of amides is 1. The Bertz CT molecular complexity index is 156. The molecule has 0 aromatic heterocycles. The first-order valence-corrected chi connectivity index (χ1v) is 3.16. The molecule has 0 radical (unpaired) electrons. The zero-order valence-electron chi connectivity index (χ0n) is 5.62. The van der Waals surface area contributed by atoms with Crippen LogP contribution in [0.4, 0.5) is 4.79 Å². The normalized spacial score (nSPS) is 18.8. The summed E-state index contributed by atoms with van der Waals surface area (Å²) in [7, 11) is 0. The van der Waals surface area contributed by atoms with Crippen molar-refractivity contribution in [3.8, 4) is 0 Å². The largest absolute Gasteiger partial charge is 0.423 e. The number of hydrogen-bond donors (Lipinski definition) is 1. The van der Waals surface area contributed by atoms with Crippen molar-refractivity contribution in [2.24, 2.45) is 5.73 Å². The molecular formula is C6H10N2O2. The summed E-state index contributed by atoms with van der Waals surface area (Å²) in [5, 5.41) is 1.53. The standard InChI is InChI=1S/C6H10N2O2/c7-6(9)10-8-4-2-1-3-5-8/h1-2H,3-5H2,(H2,7,9). The van der Waals surface area contributed by atoms with Crippen molar-refractivity contribution >= 4 is 6.09 Å². The SMILES string of the molecule is NC(=O)ON1CC=CCC1. The third-order valence-corrected chi connectivity index (χ3v) is 1.24. The Hall–Kier alpha value is -1.03. The van der Waals surface area contributed by atoms with Crippen LogP contribution in [0.2, 0.25) is 0 Å². The van der Waals surface area contributed by atoms with Gasteiger partial charge < -0.3 is 10.6 Å². The van der Waals surface area contributed by atoms with Crippen molar-refractivity contribution in [1.82, 2.24) is 5.06 Å². The first-order chi connectivity index (χ1) is 4.79. The zero-order valence-corrected chi connectivity index (χ0v) is 5.62. The maximum atomic E-state index is 10.2. The van der Waals surface area contributed by atoms with Gasteiger partial charge in [-0.15, -0.1) is 5.06 Å². The third-order valence-electron chi connectivity index (χ3n) is 1.24. The minimum Gasteiger partial charge on any atom is -0.351 e. The van der Waals surface area contributed by atoms with Crippen molar-refractivity contribution in [1.29, 1.82) is 0 Å². The summed E-state index contributed by atoms with van der Waals surface area (Å²) in [6.45, 7) is 1.38. The first kappa shape index (κ1) is 7.08. The van der Waals surface area contributed by atoms with Crippen LogP contribution < -0.4 is 5.73 Å². The number of nitrogens with two attached hydrogens (primary N) is 1. The van der Waals surface area contributed by atoms with E-state index in [0.717, 1.165) is 13.0 Å². The molecule has 0 fully saturated rings. The number of carbonyl (C=O) groups is 1. The summed E-state index contributed by atoms with van der Waals surface area (Å²) in [5.74, 6) is 0. The van der Waals surface area contributed by atoms with Crippen LogP contribution in [0.15, 0.2) is 12.2 Å². The van der Waals surface area contributed by atoms with Gasteiger partial charge in [-0.2, -0.15) is 0 Å². The van der Waals surface area contributed by atoms with Crippen LogP contribution in [0.3, 0.4) is 0 Å². The lowest BCUT2D eigenvalue weighted by Crippen LogP contribution is -2.32. The molecule has 0 atom stereocenters. The van der Waals surface area contributed by atoms with Gasteiger partial charge in [0, 0.05) is 6.54 Å². The van der Waals surface area contributed by atoms with E-state index in [1.165, 1.54) is 5.06 Å². The summed E-state index contributed by atoms with van der Waals surface area (Å²) < 4.78 is 0. The Morgan fingerprint density at radius 2 is 2.40 bits per heavy atom. The van der Waals surface area contributed by atoms with Crippen molar-refractivity contribution in [3.05, 3.63) is 12.2 Å². The summed E-state index contributed by atoms with van der Waals surface area (Å²) >= 11 is 0. The molecule has 0 saturated heterocycles. The second kappa shape index (κ2) is 3.22. The first-order valence-electron chi connectivity index (χ1n) is 3.16. The molecular weight excluding hydrogens is 132 g/mol. The highest BCUT2D eigenvalue weighted by atomic mass is 16.7. The zero-order chi connectivity index (χ0) is 7.40. The quantitative estimate of drug-likeness (QED) is 0.534. The molecule has 0 spiro atoms. The maximum Gasteiger partial charge on any atom is 0.423 e. The van der Waals surface area contributed by atoms with E-state index >= 15 is 0 Å². The fourth-order valence-corrected chi connectivity index (χ4v) is 0.830. The van der Waals surface area contributed by atoms with Crippen LogP contribution in [0.5, 0.6) is 0 Å². The number of hydrogen-bond acceptors (Lipinski definition) is 3. The Morgan fingerprint density at radius 3 is 2.90 bits per heavy atom. The van der Waals surface area contributed by atoms with Gasteiger partial charge in [-0.3, -0.25) is 0 Å². The van der Waals surface area contributed by atoms with Crippen LogP contribution in [0.25, 0.3) is 0 Å². The molecule has 0 unspecified atom stereocenters. The Balaban J connectivity index is 2.28. The molecule has 1 rings (SSSR count). The molecule has 1 heterocycles. The van der Waals surface area contributed by atoms with Crippen LogP contribution in [-0.4, -0.2) is 24.2 Å². The summed E-state index contributed by atoms with van der Waals surface area (Å²) in [6.07, 6.45) is 4.15. The Morgan fingerprint density at radius 1 is 1.60 bits per heavy atom. The van der Waals surface area contributed by atoms with Gasteiger partial charge in [-0.1, -0.05) is 12.2 Å². The lowest BCUT2D eigenvalue weighted by molar-refractivity contribution is -0.0882. The molecule has 1 amide bonds. The van der Waals surface area contributed by atoms with Crippen molar-refractivity contribution < 1.29 is 9.63 Å². The number of rotatable bonds is 1. The third kappa shape index (κ3) is 2.06. The highest BCUT2D eigenvalue weighted by molar-refractivity contribution is 5.64. The minimum absolute atomic E-state index is 0.642. The van der Waals surface area contributed by atoms with Crippen LogP contribution in [0.1, 0.15) is 6.42 Å². The molecule has 56 valence electrons. The van der Waals surface area contributed by atoms with E-state index in [4.69, 9.17) is 5.73 Å². The van der Waals surface area contributed by atoms with Crippen molar-refractivity contribution in [2.75, 3.05) is 13.1 Å². The van der Waals surface area contributed by atoms with Crippen molar-refractivity contribution in [2.45, 2.75) is 6.42 Å². The molecule has 1 aliphatic rings. The van der Waals surface area contributed by atoms with E-state index in [1.807, 2.05) is 12.2 Å². The number of primary amides is 1. The number of nitrogens with zero attached hydrogens (tertiary/aromatic N) is 1. The molecule has 4 heteroatoms. The van der Waals surface area contributed by atoms with Crippen molar-refractivity contribution in [3.63, 3.8) is 0 Å². The molecule has 2 N–H and O–H groups in total. The Labute approximate surface area is 59.2 Å². The fraction of sp³-hybridized carbons (Fsp3) is 0.500. The lowest BCUT2D eigenvalue weighted by Gasteiger charge is -2.19. The molecule has 0 aliphatic carbocycles. The molecule has 0 saturated carbocycles. The van der Waals surface area contributed by atoms with E-state index < -0.39 is 6.09 Å². The molecule has 1 aliphatic heterocycles. The highest BCUT2D eigenvalue weighted by Crippen LogP contribution is 2.00. The summed E-state index contributed by atoms with van der Waals surface area (Å²) in [5.41, 5.74) is 4.80. The van der Waals surface area contributed by atoms with Gasteiger partial charge in [0.25, 0.3) is 0 Å². The van der Waals surface area contributed by atoms with E-state index in [9.17, 15) is 4.79 Å². The van der Waals surface area contributed by atoms with Gasteiger partial charge >= 0.3 is 6.09 Å². The highest BCUT2D eigenvalue weighted by Gasteiger charge is 2.08. The molecule has 0 bridgehead atoms. The maximum absolute atomic E-state index is 10.2. The predicted molar refractivity (Wildman–Crippen MR) is 36.0 cm³/mol. The minimum atomic E-state index is -0.740. The second-order valence-electron chi connectivity index (χ2n) is 2.06. The second-order valence-corrected chi connectivity index (χ2v) is 2.06. The predicted octanol–water partition coefficient (Wildman–Crippen LogP) is 0.259. The number of hydroxylamine groups is 2. The van der Waals surface area contributed by atoms with Crippen LogP contribution in [0, 0.1) is 0 Å². The summed E-state index contributed by atoms with van der Waals surface area (Å²) in [4.78, 5) is 14.8. The Kier molecular flexibility index (Phi) is 2.28. The van der Waals surface area contributed by atoms with Gasteiger partial charge in [0.05, 0.1) is 6.54 Å². The number of carbonyl (C=O) groups excluding carboxylic acids is 1. The topological polar surface area (TPSA) is 55.6 Å². The average molecular weight is 142 g/mol.